The van der Waals surface area contributed by atoms with E-state index in [0.29, 0.717) is 51.6 Å². The molecule has 4 aliphatic carbocycles. The van der Waals surface area contributed by atoms with Crippen LogP contribution in [0.25, 0.3) is 0 Å². The van der Waals surface area contributed by atoms with Gasteiger partial charge in [-0.2, -0.15) is 13.2 Å². The highest BCUT2D eigenvalue weighted by Crippen LogP contribution is 2.44. The maximum Gasteiger partial charge on any atom is 0.393 e. The molecule has 0 radical (unpaired) electrons. The molecule has 3 heterocycles. The maximum absolute atomic E-state index is 15.7. The molecule has 7 aliphatic rings. The minimum atomic E-state index is -4.50. The number of carbonyl (C=O) groups excluding carboxylic acids is 12. The fraction of sp³-hybridized carbons (Fsp3) is 0.831. The lowest BCUT2D eigenvalue weighted by Crippen LogP contribution is -2.62. The van der Waals surface area contributed by atoms with Gasteiger partial charge in [0.05, 0.1) is 32.0 Å². The van der Waals surface area contributed by atoms with Gasteiger partial charge in [0.25, 0.3) is 0 Å². The lowest BCUT2D eigenvalue weighted by molar-refractivity contribution is -0.182. The van der Waals surface area contributed by atoms with Gasteiger partial charge < -0.3 is 60.0 Å². The minimum absolute atomic E-state index is 0.00311. The molecule has 0 bridgehead atoms. The molecule has 3 N–H and O–H groups in total. The molecule has 24 nitrogen and oxygen atoms in total. The maximum atomic E-state index is 15.7. The number of likely N-dealkylation sites (tertiary alicyclic amines) is 1. The number of hydrogen-bond donors (Lipinski definition) is 3. The molecule has 7 rings (SSSR count). The number of carbonyl (C=O) groups is 12. The van der Waals surface area contributed by atoms with Crippen molar-refractivity contribution in [3.63, 3.8) is 0 Å². The minimum Gasteiger partial charge on any atom is -0.343 e. The van der Waals surface area contributed by atoms with E-state index < -0.39 is 168 Å². The Morgan fingerprint density at radius 3 is 1.78 bits per heavy atom. The highest BCUT2D eigenvalue weighted by molar-refractivity contribution is 6.21. The van der Waals surface area contributed by atoms with Crippen LogP contribution in [0.15, 0.2) is 0 Å². The van der Waals surface area contributed by atoms with Gasteiger partial charge in [-0.3, -0.25) is 57.5 Å². The molecule has 0 aromatic rings. The standard InChI is InChI=1S/C71H114ClF3N12O12/c1-12-45(4)60-67(97)81(7)42-58(90)79(5)43-59(91)83(9)54(39-46-23-16-13-17-24-46)65(95)80(6)41-56(88)76-51(31-29-47-28-30-49(50(72)38-47)71(73,74)75)64(94)87-36-22-27-52(87)63(93)78-70(32-33-70)69(99)85(11)61(48-25-18-14-19-26-48)68(98)84(10)55(66(96)86-34-20-15-21-35-86)40-57(89)82(8)53(37-44(2)3)62(92)77-60/h44-55,60-61H,12-43H2,1-11H3,(H,76,88)(H,77,92)(H,78,93)/t45-,47?,49?,50?,51-,52-,53-,54-,55-,60-,61-/m0/s1. The Hall–Kier alpha value is -6.28. The predicted octanol–water partition coefficient (Wildman–Crippen LogP) is 5.70. The fourth-order valence-electron chi connectivity index (χ4n) is 16.0. The zero-order valence-corrected chi connectivity index (χ0v) is 61.4. The Morgan fingerprint density at radius 1 is 0.586 bits per heavy atom. The van der Waals surface area contributed by atoms with Gasteiger partial charge in [-0.05, 0) is 132 Å². The summed E-state index contributed by atoms with van der Waals surface area (Å²) in [5, 5.41) is 7.50. The third kappa shape index (κ3) is 20.5. The smallest absolute Gasteiger partial charge is 0.343 e. The van der Waals surface area contributed by atoms with Gasteiger partial charge in [-0.15, -0.1) is 11.6 Å². The largest absolute Gasteiger partial charge is 0.393 e. The molecule has 4 saturated carbocycles. The SMILES string of the molecule is CC[C@H](C)[C@@H]1NC(=O)[C@H](CC(C)C)N(C)C(=O)C[C@@H](C(=O)N2CCCCC2)N(C)C(=O)[C@H](C2CCCCC2)N(C)C(=O)C2(CC2)NC(=O)[C@@H]2CCCN2C(=O)[C@H](CCC2CCC(C(F)(F)F)C(Cl)C2)NC(=O)CN(C)C(=O)[C@H](CC2CCCCC2)N(C)C(=O)CN(C)C(=O)CN(C)C1=O. The summed E-state index contributed by atoms with van der Waals surface area (Å²) in [6.45, 7) is 6.58. The summed E-state index contributed by atoms with van der Waals surface area (Å²) in [6, 6.07) is -8.48. The van der Waals surface area contributed by atoms with Crippen LogP contribution in [0.5, 0.6) is 0 Å². The second-order valence-electron chi connectivity index (χ2n) is 30.5. The molecule has 3 saturated heterocycles. The second-order valence-corrected chi connectivity index (χ2v) is 31.1. The van der Waals surface area contributed by atoms with Crippen LogP contribution in [0.2, 0.25) is 0 Å². The predicted molar refractivity (Wildman–Crippen MR) is 365 cm³/mol. The Morgan fingerprint density at radius 2 is 1.18 bits per heavy atom. The van der Waals surface area contributed by atoms with Gasteiger partial charge in [0, 0.05) is 74.3 Å². The van der Waals surface area contributed by atoms with E-state index in [2.05, 4.69) is 16.0 Å². The molecule has 7 fully saturated rings. The first-order chi connectivity index (χ1) is 46.7. The van der Waals surface area contributed by atoms with E-state index in [0.717, 1.165) is 72.5 Å². The molecular formula is C71H114ClF3N12O12. The monoisotopic (exact) mass is 1420 g/mol. The highest BCUT2D eigenvalue weighted by atomic mass is 35.5. The van der Waals surface area contributed by atoms with Gasteiger partial charge in [-0.25, -0.2) is 0 Å². The Labute approximate surface area is 588 Å². The summed E-state index contributed by atoms with van der Waals surface area (Å²) in [5.74, 6) is -10.5. The van der Waals surface area contributed by atoms with E-state index in [9.17, 15) is 46.7 Å². The van der Waals surface area contributed by atoms with Gasteiger partial charge in [0.2, 0.25) is 70.9 Å². The number of fused-ring (bicyclic) bond motifs is 1. The number of amides is 12. The molecule has 11 atom stereocenters. The van der Waals surface area contributed by atoms with Crippen molar-refractivity contribution >= 4 is 82.5 Å². The van der Waals surface area contributed by atoms with Crippen LogP contribution in [0, 0.1) is 35.5 Å². The van der Waals surface area contributed by atoms with Crippen LogP contribution in [-0.2, 0) is 57.5 Å². The number of likely N-dealkylation sites (N-methyl/N-ethyl adjacent to an activating group) is 7. The molecule has 3 aliphatic heterocycles. The average Bonchev–Trinajstić information content (AvgIpc) is 1.62. The summed E-state index contributed by atoms with van der Waals surface area (Å²) in [6.07, 6.45) is 6.92. The zero-order valence-electron chi connectivity index (χ0n) is 60.6. The van der Waals surface area contributed by atoms with E-state index in [-0.39, 0.29) is 94.4 Å². The molecule has 12 amide bonds. The van der Waals surface area contributed by atoms with E-state index >= 15 is 24.0 Å². The number of halogens is 4. The lowest BCUT2D eigenvalue weighted by Gasteiger charge is -2.42. The van der Waals surface area contributed by atoms with Crippen molar-refractivity contribution < 1.29 is 70.7 Å². The first-order valence-electron chi connectivity index (χ1n) is 36.7. The number of piperidine rings is 1. The quantitative estimate of drug-likeness (QED) is 0.210. The van der Waals surface area contributed by atoms with E-state index in [1.165, 1.54) is 73.8 Å². The van der Waals surface area contributed by atoms with Gasteiger partial charge in [0.15, 0.2) is 0 Å². The molecule has 28 heteroatoms. The molecule has 1 spiro atoms. The van der Waals surface area contributed by atoms with Crippen LogP contribution >= 0.6 is 11.6 Å². The number of rotatable bonds is 11. The van der Waals surface area contributed by atoms with E-state index in [1.54, 1.807) is 11.8 Å². The van der Waals surface area contributed by atoms with Crippen LogP contribution < -0.4 is 16.0 Å². The average molecular weight is 1420 g/mol. The van der Waals surface area contributed by atoms with Crippen molar-refractivity contribution in [3.8, 4) is 0 Å². The van der Waals surface area contributed by atoms with Crippen molar-refractivity contribution in [2.75, 3.05) is 88.6 Å². The highest BCUT2D eigenvalue weighted by Gasteiger charge is 2.57. The summed E-state index contributed by atoms with van der Waals surface area (Å²) < 4.78 is 41.9. The fourth-order valence-corrected chi connectivity index (χ4v) is 16.5. The molecular weight excluding hydrogens is 1310 g/mol. The molecule has 3 unspecified atom stereocenters. The van der Waals surface area contributed by atoms with Crippen LogP contribution in [0.1, 0.15) is 195 Å². The van der Waals surface area contributed by atoms with E-state index in [1.807, 2.05) is 20.8 Å². The zero-order chi connectivity index (χ0) is 73.0. The van der Waals surface area contributed by atoms with Crippen LogP contribution in [0.4, 0.5) is 13.2 Å². The summed E-state index contributed by atoms with van der Waals surface area (Å²) in [7, 11) is 10.1. The van der Waals surface area contributed by atoms with Crippen molar-refractivity contribution in [2.24, 2.45) is 35.5 Å². The molecule has 0 aromatic carbocycles. The van der Waals surface area contributed by atoms with Crippen molar-refractivity contribution in [2.45, 2.75) is 254 Å². The second kappa shape index (κ2) is 35.5. The lowest BCUT2D eigenvalue weighted by atomic mass is 9.78. The number of alkyl halides is 4. The van der Waals surface area contributed by atoms with Crippen LogP contribution in [0.3, 0.4) is 0 Å². The van der Waals surface area contributed by atoms with Gasteiger partial charge in [0.1, 0.15) is 47.8 Å². The third-order valence-corrected chi connectivity index (χ3v) is 23.2. The molecule has 0 aromatic heterocycles. The molecule has 99 heavy (non-hydrogen) atoms. The summed E-state index contributed by atoms with van der Waals surface area (Å²) >= 11 is 6.39. The normalized spacial score (nSPS) is 30.1. The number of nitrogens with one attached hydrogen (secondary N) is 3. The number of nitrogens with zero attached hydrogens (tertiary/aromatic N) is 9. The Kier molecular flexibility index (Phi) is 28.7. The van der Waals surface area contributed by atoms with Gasteiger partial charge >= 0.3 is 6.18 Å². The number of hydrogen-bond acceptors (Lipinski definition) is 12. The van der Waals surface area contributed by atoms with Crippen LogP contribution in [-0.4, -0.2) is 263 Å². The summed E-state index contributed by atoms with van der Waals surface area (Å²) in [4.78, 5) is 190. The Bertz CT molecular complexity index is 2890. The first kappa shape index (κ1) is 80.0. The Balaban J connectivity index is 1.25. The van der Waals surface area contributed by atoms with Crippen molar-refractivity contribution in [1.82, 2.24) is 60.0 Å². The third-order valence-electron chi connectivity index (χ3n) is 22.7. The summed E-state index contributed by atoms with van der Waals surface area (Å²) in [5.41, 5.74) is -1.49. The topological polar surface area (TPSA) is 270 Å². The van der Waals surface area contributed by atoms with Crippen molar-refractivity contribution in [3.05, 3.63) is 0 Å². The molecule has 558 valence electrons. The van der Waals surface area contributed by atoms with E-state index in [4.69, 9.17) is 11.6 Å². The van der Waals surface area contributed by atoms with Crippen molar-refractivity contribution in [1.29, 1.82) is 0 Å². The first-order valence-corrected chi connectivity index (χ1v) is 37.1. The van der Waals surface area contributed by atoms with Gasteiger partial charge in [-0.1, -0.05) is 85.5 Å².